The van der Waals surface area contributed by atoms with E-state index in [1.54, 1.807) is 4.68 Å². The Labute approximate surface area is 115 Å². The Morgan fingerprint density at radius 1 is 1.35 bits per heavy atom. The van der Waals surface area contributed by atoms with Crippen LogP contribution in [0.25, 0.3) is 0 Å². The zero-order chi connectivity index (χ0) is 12.4. The summed E-state index contributed by atoms with van der Waals surface area (Å²) < 4.78 is 2.95. The van der Waals surface area contributed by atoms with Gasteiger partial charge in [0, 0.05) is 17.0 Å². The van der Waals surface area contributed by atoms with Crippen LogP contribution in [-0.2, 0) is 13.5 Å². The molecule has 3 nitrogen and oxygen atoms in total. The van der Waals surface area contributed by atoms with Crippen LogP contribution in [0.2, 0.25) is 0 Å². The van der Waals surface area contributed by atoms with Gasteiger partial charge in [-0.05, 0) is 53.3 Å². The Morgan fingerprint density at radius 2 is 2.00 bits per heavy atom. The number of aromatic nitrogens is 2. The molecule has 0 bridgehead atoms. The largest absolute Gasteiger partial charge is 0.386 e. The molecule has 1 N–H and O–H groups in total. The highest BCUT2D eigenvalue weighted by Gasteiger charge is 2.13. The first-order valence-electron chi connectivity index (χ1n) is 5.49. The van der Waals surface area contributed by atoms with Crippen molar-refractivity contribution in [3.8, 4) is 0 Å². The van der Waals surface area contributed by atoms with Crippen LogP contribution in [0, 0.1) is 10.5 Å². The summed E-state index contributed by atoms with van der Waals surface area (Å²) in [5, 5.41) is 14.4. The van der Waals surface area contributed by atoms with E-state index >= 15 is 0 Å². The van der Waals surface area contributed by atoms with E-state index in [4.69, 9.17) is 0 Å². The average Bonchev–Trinajstić information content (AvgIpc) is 2.61. The summed E-state index contributed by atoms with van der Waals surface area (Å²) in [6.45, 7) is 1.93. The van der Waals surface area contributed by atoms with Crippen molar-refractivity contribution in [1.82, 2.24) is 9.78 Å². The Balaban J connectivity index is 2.14. The van der Waals surface area contributed by atoms with Gasteiger partial charge < -0.3 is 5.11 Å². The van der Waals surface area contributed by atoms with Gasteiger partial charge in [-0.1, -0.05) is 12.1 Å². The maximum Gasteiger partial charge on any atom is 0.0996 e. The Kier molecular flexibility index (Phi) is 3.83. The molecule has 2 rings (SSSR count). The highest BCUT2D eigenvalue weighted by Crippen LogP contribution is 2.19. The predicted molar refractivity (Wildman–Crippen MR) is 75.8 cm³/mol. The molecule has 0 saturated heterocycles. The molecule has 0 aliphatic heterocycles. The van der Waals surface area contributed by atoms with E-state index in [1.165, 1.54) is 3.57 Å². The van der Waals surface area contributed by atoms with Crippen LogP contribution in [0.5, 0.6) is 0 Å². The maximum absolute atomic E-state index is 10.2. The zero-order valence-electron chi connectivity index (χ0n) is 9.89. The zero-order valence-corrected chi connectivity index (χ0v) is 12.0. The molecule has 1 unspecified atom stereocenters. The lowest BCUT2D eigenvalue weighted by Gasteiger charge is -2.11. The van der Waals surface area contributed by atoms with Crippen molar-refractivity contribution in [1.29, 1.82) is 0 Å². The van der Waals surface area contributed by atoms with E-state index in [9.17, 15) is 5.11 Å². The van der Waals surface area contributed by atoms with Crippen molar-refractivity contribution in [3.05, 3.63) is 50.9 Å². The van der Waals surface area contributed by atoms with Crippen molar-refractivity contribution in [2.75, 3.05) is 0 Å². The second-order valence-electron chi connectivity index (χ2n) is 4.18. The third kappa shape index (κ3) is 3.07. The van der Waals surface area contributed by atoms with Crippen molar-refractivity contribution in [3.63, 3.8) is 0 Å². The molecule has 0 spiro atoms. The fourth-order valence-electron chi connectivity index (χ4n) is 1.89. The summed E-state index contributed by atoms with van der Waals surface area (Å²) in [5.74, 6) is 0. The molecule has 4 heteroatoms. The maximum atomic E-state index is 10.2. The van der Waals surface area contributed by atoms with Gasteiger partial charge in [-0.2, -0.15) is 5.10 Å². The van der Waals surface area contributed by atoms with Crippen molar-refractivity contribution in [2.45, 2.75) is 19.4 Å². The molecule has 2 aromatic rings. The summed E-state index contributed by atoms with van der Waals surface area (Å²) in [5.41, 5.74) is 2.93. The van der Waals surface area contributed by atoms with Gasteiger partial charge in [0.05, 0.1) is 17.5 Å². The number of rotatable bonds is 3. The van der Waals surface area contributed by atoms with E-state index < -0.39 is 6.10 Å². The van der Waals surface area contributed by atoms with E-state index in [2.05, 4.69) is 39.8 Å². The van der Waals surface area contributed by atoms with Crippen LogP contribution in [0.4, 0.5) is 0 Å². The first-order chi connectivity index (χ1) is 8.06. The number of hydrogen-bond donors (Lipinski definition) is 1. The minimum absolute atomic E-state index is 0.499. The lowest BCUT2D eigenvalue weighted by molar-refractivity contribution is 0.168. The van der Waals surface area contributed by atoms with E-state index in [0.29, 0.717) is 6.42 Å². The molecular weight excluding hydrogens is 327 g/mol. The lowest BCUT2D eigenvalue weighted by atomic mass is 10.1. The van der Waals surface area contributed by atoms with Gasteiger partial charge in [0.15, 0.2) is 0 Å². The van der Waals surface area contributed by atoms with Crippen LogP contribution in [0.1, 0.15) is 23.1 Å². The molecule has 0 radical (unpaired) electrons. The number of aliphatic hydroxyl groups excluding tert-OH is 1. The monoisotopic (exact) mass is 342 g/mol. The molecular formula is C13H15IN2O. The second-order valence-corrected chi connectivity index (χ2v) is 5.43. The van der Waals surface area contributed by atoms with Gasteiger partial charge >= 0.3 is 0 Å². The Morgan fingerprint density at radius 3 is 2.53 bits per heavy atom. The van der Waals surface area contributed by atoms with Crippen molar-refractivity contribution >= 4 is 22.6 Å². The number of aliphatic hydroxyl groups is 1. The third-order valence-electron chi connectivity index (χ3n) is 2.72. The fraction of sp³-hybridized carbons (Fsp3) is 0.308. The summed E-state index contributed by atoms with van der Waals surface area (Å²) in [7, 11) is 1.86. The van der Waals surface area contributed by atoms with Gasteiger partial charge in [-0.3, -0.25) is 4.68 Å². The SMILES string of the molecule is Cc1cc(C(O)Cc2ccc(I)cc2)n(C)n1. The normalized spacial score (nSPS) is 12.7. The molecule has 0 saturated carbocycles. The standard InChI is InChI=1S/C13H15IN2O/c1-9-7-12(16(2)15-9)13(17)8-10-3-5-11(14)6-4-10/h3-7,13,17H,8H2,1-2H3. The smallest absolute Gasteiger partial charge is 0.0996 e. The number of halogens is 1. The summed E-state index contributed by atoms with van der Waals surface area (Å²) in [6.07, 6.45) is 0.122. The third-order valence-corrected chi connectivity index (χ3v) is 3.44. The van der Waals surface area contributed by atoms with Gasteiger partial charge in [-0.15, -0.1) is 0 Å². The molecule has 0 aliphatic rings. The quantitative estimate of drug-likeness (QED) is 0.871. The molecule has 0 fully saturated rings. The average molecular weight is 342 g/mol. The molecule has 1 atom stereocenters. The van der Waals surface area contributed by atoms with Crippen LogP contribution in [0.3, 0.4) is 0 Å². The van der Waals surface area contributed by atoms with Crippen LogP contribution in [0.15, 0.2) is 30.3 Å². The summed E-state index contributed by atoms with van der Waals surface area (Å²) in [4.78, 5) is 0. The molecule has 1 aromatic carbocycles. The van der Waals surface area contributed by atoms with E-state index in [1.807, 2.05) is 32.2 Å². The number of benzene rings is 1. The minimum Gasteiger partial charge on any atom is -0.386 e. The predicted octanol–water partition coefficient (Wildman–Crippen LogP) is 2.61. The Hall–Kier alpha value is -0.880. The molecule has 0 aliphatic carbocycles. The van der Waals surface area contributed by atoms with Crippen LogP contribution in [-0.4, -0.2) is 14.9 Å². The molecule has 90 valence electrons. The fourth-order valence-corrected chi connectivity index (χ4v) is 2.25. The highest BCUT2D eigenvalue weighted by atomic mass is 127. The van der Waals surface area contributed by atoms with E-state index in [-0.39, 0.29) is 0 Å². The minimum atomic E-state index is -0.499. The Bertz CT molecular complexity index is 505. The highest BCUT2D eigenvalue weighted by molar-refractivity contribution is 14.1. The molecule has 1 heterocycles. The second kappa shape index (κ2) is 5.18. The van der Waals surface area contributed by atoms with Crippen LogP contribution >= 0.6 is 22.6 Å². The van der Waals surface area contributed by atoms with Gasteiger partial charge in [-0.25, -0.2) is 0 Å². The number of nitrogens with zero attached hydrogens (tertiary/aromatic N) is 2. The summed E-state index contributed by atoms with van der Waals surface area (Å²) >= 11 is 2.27. The molecule has 0 amide bonds. The number of hydrogen-bond acceptors (Lipinski definition) is 2. The first kappa shape index (κ1) is 12.6. The van der Waals surface area contributed by atoms with Gasteiger partial charge in [0.1, 0.15) is 0 Å². The first-order valence-corrected chi connectivity index (χ1v) is 6.57. The van der Waals surface area contributed by atoms with Crippen molar-refractivity contribution in [2.24, 2.45) is 7.05 Å². The van der Waals surface area contributed by atoms with Crippen molar-refractivity contribution < 1.29 is 5.11 Å². The van der Waals surface area contributed by atoms with Gasteiger partial charge in [0.2, 0.25) is 0 Å². The number of aryl methyl sites for hydroxylation is 2. The summed E-state index contributed by atoms with van der Waals surface area (Å²) in [6, 6.07) is 10.1. The molecule has 17 heavy (non-hydrogen) atoms. The molecule has 1 aromatic heterocycles. The lowest BCUT2D eigenvalue weighted by Crippen LogP contribution is -2.07. The van der Waals surface area contributed by atoms with Crippen LogP contribution < -0.4 is 0 Å². The van der Waals surface area contributed by atoms with E-state index in [0.717, 1.165) is 17.0 Å². The topological polar surface area (TPSA) is 38.0 Å². The van der Waals surface area contributed by atoms with Gasteiger partial charge in [0.25, 0.3) is 0 Å².